The third-order valence-corrected chi connectivity index (χ3v) is 5.40. The van der Waals surface area contributed by atoms with Crippen molar-refractivity contribution in [3.05, 3.63) is 29.3 Å². The molecule has 0 amide bonds. The first-order valence-electron chi connectivity index (χ1n) is 6.06. The molecule has 1 aromatic carbocycles. The fourth-order valence-corrected chi connectivity index (χ4v) is 4.07. The van der Waals surface area contributed by atoms with E-state index in [1.807, 2.05) is 0 Å². The highest BCUT2D eigenvalue weighted by Crippen LogP contribution is 2.35. The molecule has 0 unspecified atom stereocenters. The van der Waals surface area contributed by atoms with Crippen LogP contribution in [-0.2, 0) is 16.2 Å². The summed E-state index contributed by atoms with van der Waals surface area (Å²) in [5, 5.41) is 0. The summed E-state index contributed by atoms with van der Waals surface area (Å²) in [7, 11) is -3.93. The molecule has 0 radical (unpaired) electrons. The van der Waals surface area contributed by atoms with Gasteiger partial charge in [0.05, 0.1) is 10.5 Å². The van der Waals surface area contributed by atoms with Crippen molar-refractivity contribution in [2.75, 3.05) is 13.1 Å². The van der Waals surface area contributed by atoms with Gasteiger partial charge in [-0.05, 0) is 31.0 Å². The molecular weight excluding hydrogens is 293 g/mol. The molecule has 4 nitrogen and oxygen atoms in total. The van der Waals surface area contributed by atoms with E-state index in [1.54, 1.807) is 0 Å². The Morgan fingerprint density at radius 1 is 1.35 bits per heavy atom. The van der Waals surface area contributed by atoms with Crippen LogP contribution in [-0.4, -0.2) is 31.9 Å². The quantitative estimate of drug-likeness (QED) is 0.905. The summed E-state index contributed by atoms with van der Waals surface area (Å²) in [6.45, 7) is 1.54. The van der Waals surface area contributed by atoms with Crippen molar-refractivity contribution in [3.8, 4) is 0 Å². The second-order valence-corrected chi connectivity index (χ2v) is 6.74. The van der Waals surface area contributed by atoms with E-state index in [0.29, 0.717) is 6.42 Å². The molecule has 1 atom stereocenters. The SMILES string of the molecule is Cc1c(C(F)(F)F)cccc1S(=O)(=O)N1CC[C@@H](N)C1. The maximum absolute atomic E-state index is 12.8. The highest BCUT2D eigenvalue weighted by Gasteiger charge is 2.37. The van der Waals surface area contributed by atoms with Crippen molar-refractivity contribution >= 4 is 10.0 Å². The number of benzene rings is 1. The van der Waals surface area contributed by atoms with Gasteiger partial charge in [0.25, 0.3) is 0 Å². The van der Waals surface area contributed by atoms with Crippen LogP contribution in [0, 0.1) is 6.92 Å². The topological polar surface area (TPSA) is 63.4 Å². The molecule has 1 saturated heterocycles. The minimum Gasteiger partial charge on any atom is -0.326 e. The molecule has 1 heterocycles. The summed E-state index contributed by atoms with van der Waals surface area (Å²) >= 11 is 0. The Bertz CT molecular complexity index is 614. The zero-order chi connectivity index (χ0) is 15.1. The average molecular weight is 308 g/mol. The van der Waals surface area contributed by atoms with Gasteiger partial charge in [-0.1, -0.05) is 6.07 Å². The van der Waals surface area contributed by atoms with Crippen LogP contribution in [0.1, 0.15) is 17.5 Å². The van der Waals surface area contributed by atoms with E-state index < -0.39 is 21.8 Å². The lowest BCUT2D eigenvalue weighted by molar-refractivity contribution is -0.138. The molecular formula is C12H15F3N2O2S. The molecule has 0 aromatic heterocycles. The van der Waals surface area contributed by atoms with E-state index in [-0.39, 0.29) is 29.6 Å². The molecule has 2 N–H and O–H groups in total. The van der Waals surface area contributed by atoms with Crippen molar-refractivity contribution in [2.24, 2.45) is 5.73 Å². The van der Waals surface area contributed by atoms with E-state index in [4.69, 9.17) is 5.73 Å². The maximum atomic E-state index is 12.8. The molecule has 20 heavy (non-hydrogen) atoms. The highest BCUT2D eigenvalue weighted by molar-refractivity contribution is 7.89. The number of sulfonamides is 1. The molecule has 0 bridgehead atoms. The second kappa shape index (κ2) is 5.01. The lowest BCUT2D eigenvalue weighted by Gasteiger charge is -2.19. The largest absolute Gasteiger partial charge is 0.416 e. The van der Waals surface area contributed by atoms with Crippen molar-refractivity contribution in [1.82, 2.24) is 4.31 Å². The van der Waals surface area contributed by atoms with Gasteiger partial charge in [-0.15, -0.1) is 0 Å². The fourth-order valence-electron chi connectivity index (χ4n) is 2.31. The van der Waals surface area contributed by atoms with Crippen molar-refractivity contribution < 1.29 is 21.6 Å². The predicted molar refractivity (Wildman–Crippen MR) is 67.5 cm³/mol. The first-order valence-corrected chi connectivity index (χ1v) is 7.50. The summed E-state index contributed by atoms with van der Waals surface area (Å²) in [5.74, 6) is 0. The van der Waals surface area contributed by atoms with Gasteiger partial charge >= 0.3 is 6.18 Å². The van der Waals surface area contributed by atoms with Gasteiger partial charge in [-0.2, -0.15) is 17.5 Å². The lowest BCUT2D eigenvalue weighted by atomic mass is 10.1. The van der Waals surface area contributed by atoms with Gasteiger partial charge in [-0.25, -0.2) is 8.42 Å². The Labute approximate surface area is 115 Å². The zero-order valence-corrected chi connectivity index (χ0v) is 11.6. The number of hydrogen-bond donors (Lipinski definition) is 1. The number of nitrogens with zero attached hydrogens (tertiary/aromatic N) is 1. The van der Waals surface area contributed by atoms with E-state index >= 15 is 0 Å². The number of nitrogens with two attached hydrogens (primary N) is 1. The number of hydrogen-bond acceptors (Lipinski definition) is 3. The van der Waals surface area contributed by atoms with Gasteiger partial charge in [-0.3, -0.25) is 0 Å². The average Bonchev–Trinajstić information content (AvgIpc) is 2.75. The first-order chi connectivity index (χ1) is 9.14. The number of rotatable bonds is 2. The summed E-state index contributed by atoms with van der Waals surface area (Å²) in [5.41, 5.74) is 4.45. The van der Waals surface area contributed by atoms with Gasteiger partial charge in [0.15, 0.2) is 0 Å². The Morgan fingerprint density at radius 3 is 2.50 bits per heavy atom. The molecule has 1 aromatic rings. The summed E-state index contributed by atoms with van der Waals surface area (Å²) in [6, 6.07) is 2.92. The minimum absolute atomic E-state index is 0.137. The summed E-state index contributed by atoms with van der Waals surface area (Å²) < 4.78 is 64.4. The number of halogens is 3. The molecule has 0 aliphatic carbocycles. The van der Waals surface area contributed by atoms with Gasteiger partial charge < -0.3 is 5.73 Å². The van der Waals surface area contributed by atoms with Crippen LogP contribution in [0.25, 0.3) is 0 Å². The maximum Gasteiger partial charge on any atom is 0.416 e. The second-order valence-electron chi connectivity index (χ2n) is 4.84. The zero-order valence-electron chi connectivity index (χ0n) is 10.8. The Kier molecular flexibility index (Phi) is 3.83. The third-order valence-electron chi connectivity index (χ3n) is 3.39. The molecule has 1 fully saturated rings. The molecule has 2 rings (SSSR count). The molecule has 0 spiro atoms. The third kappa shape index (κ3) is 2.68. The fraction of sp³-hybridized carbons (Fsp3) is 0.500. The van der Waals surface area contributed by atoms with Gasteiger partial charge in [0.1, 0.15) is 0 Å². The summed E-state index contributed by atoms with van der Waals surface area (Å²) in [4.78, 5) is -0.304. The first kappa shape index (κ1) is 15.3. The standard InChI is InChI=1S/C12H15F3N2O2S/c1-8-10(12(13,14)15)3-2-4-11(8)20(18,19)17-6-5-9(16)7-17/h2-4,9H,5-7,16H2,1H3/t9-/m1/s1. The van der Waals surface area contributed by atoms with Gasteiger partial charge in [0.2, 0.25) is 10.0 Å². The van der Waals surface area contributed by atoms with E-state index in [2.05, 4.69) is 0 Å². The molecule has 112 valence electrons. The molecule has 8 heteroatoms. The van der Waals surface area contributed by atoms with E-state index in [0.717, 1.165) is 16.4 Å². The van der Waals surface area contributed by atoms with Crippen LogP contribution in [0.5, 0.6) is 0 Å². The van der Waals surface area contributed by atoms with Crippen LogP contribution in [0.4, 0.5) is 13.2 Å². The Hall–Kier alpha value is -1.12. The smallest absolute Gasteiger partial charge is 0.326 e. The van der Waals surface area contributed by atoms with E-state index in [1.165, 1.54) is 13.0 Å². The monoisotopic (exact) mass is 308 g/mol. The van der Waals surface area contributed by atoms with Crippen molar-refractivity contribution in [3.63, 3.8) is 0 Å². The lowest BCUT2D eigenvalue weighted by Crippen LogP contribution is -2.32. The normalized spacial score (nSPS) is 21.4. The minimum atomic E-state index is -4.57. The number of alkyl halides is 3. The van der Waals surface area contributed by atoms with E-state index in [9.17, 15) is 21.6 Å². The molecule has 1 aliphatic heterocycles. The predicted octanol–water partition coefficient (Wildman–Crippen LogP) is 1.74. The van der Waals surface area contributed by atoms with Crippen LogP contribution in [0.15, 0.2) is 23.1 Å². The Balaban J connectivity index is 2.48. The van der Waals surface area contributed by atoms with Crippen LogP contribution < -0.4 is 5.73 Å². The highest BCUT2D eigenvalue weighted by atomic mass is 32.2. The van der Waals surface area contributed by atoms with Crippen molar-refractivity contribution in [2.45, 2.75) is 30.5 Å². The molecule has 1 aliphatic rings. The molecule has 0 saturated carbocycles. The Morgan fingerprint density at radius 2 is 2.00 bits per heavy atom. The summed E-state index contributed by atoms with van der Waals surface area (Å²) in [6.07, 6.45) is -4.06. The van der Waals surface area contributed by atoms with Crippen LogP contribution >= 0.6 is 0 Å². The van der Waals surface area contributed by atoms with Crippen LogP contribution in [0.2, 0.25) is 0 Å². The van der Waals surface area contributed by atoms with Crippen molar-refractivity contribution in [1.29, 1.82) is 0 Å². The van der Waals surface area contributed by atoms with Crippen LogP contribution in [0.3, 0.4) is 0 Å². The van der Waals surface area contributed by atoms with Gasteiger partial charge in [0, 0.05) is 19.1 Å².